The van der Waals surface area contributed by atoms with Gasteiger partial charge in [0.05, 0.1) is 5.69 Å². The number of hydrogen-bond donors (Lipinski definition) is 2. The van der Waals surface area contributed by atoms with Gasteiger partial charge in [-0.1, -0.05) is 0 Å². The number of nitrogens with zero attached hydrogens (tertiary/aromatic N) is 2. The van der Waals surface area contributed by atoms with Gasteiger partial charge >= 0.3 is 0 Å². The first-order valence-corrected chi connectivity index (χ1v) is 7.79. The van der Waals surface area contributed by atoms with Gasteiger partial charge < -0.3 is 11.1 Å². The Balaban J connectivity index is 2.28. The number of hydrogen-bond acceptors (Lipinski definition) is 5. The van der Waals surface area contributed by atoms with E-state index in [-0.39, 0.29) is 0 Å². The second kappa shape index (κ2) is 5.90. The molecule has 0 fully saturated rings. The van der Waals surface area contributed by atoms with Gasteiger partial charge in [-0.2, -0.15) is 0 Å². The molecule has 1 aromatic heterocycles. The summed E-state index contributed by atoms with van der Waals surface area (Å²) in [4.78, 5) is 8.29. The van der Waals surface area contributed by atoms with Crippen molar-refractivity contribution in [2.75, 3.05) is 17.3 Å². The summed E-state index contributed by atoms with van der Waals surface area (Å²) in [5.41, 5.74) is 7.41. The lowest BCUT2D eigenvalue weighted by Gasteiger charge is -2.09. The van der Waals surface area contributed by atoms with Gasteiger partial charge in [0.2, 0.25) is 0 Å². The van der Waals surface area contributed by atoms with Crippen LogP contribution < -0.4 is 11.1 Å². The number of halogens is 2. The topological polar surface area (TPSA) is 63.8 Å². The zero-order valence-electron chi connectivity index (χ0n) is 9.45. The number of nitrogens with two attached hydrogens (primary N) is 1. The van der Waals surface area contributed by atoms with Crippen molar-refractivity contribution in [3.63, 3.8) is 0 Å². The Hall–Kier alpha value is -0.790. The van der Waals surface area contributed by atoms with Crippen LogP contribution in [0.3, 0.4) is 0 Å². The van der Waals surface area contributed by atoms with Crippen molar-refractivity contribution in [1.29, 1.82) is 0 Å². The normalized spacial score (nSPS) is 10.4. The van der Waals surface area contributed by atoms with Crippen LogP contribution >= 0.6 is 43.6 Å². The summed E-state index contributed by atoms with van der Waals surface area (Å²) >= 11 is 8.39. The summed E-state index contributed by atoms with van der Waals surface area (Å²) in [6.07, 6.45) is 3.51. The number of nitrogens with one attached hydrogen (secondary N) is 1. The van der Waals surface area contributed by atoms with Crippen molar-refractivity contribution in [3.05, 3.63) is 33.5 Å². The minimum atomic E-state index is 0.674. The SMILES string of the molecule is CSc1cc(Nc2cc(Br)c(N)c(Br)c2)ncn1. The van der Waals surface area contributed by atoms with E-state index < -0.39 is 0 Å². The Morgan fingerprint density at radius 2 is 1.83 bits per heavy atom. The molecule has 0 saturated heterocycles. The summed E-state index contributed by atoms with van der Waals surface area (Å²) in [6, 6.07) is 5.70. The van der Waals surface area contributed by atoms with Gasteiger partial charge in [-0.25, -0.2) is 9.97 Å². The van der Waals surface area contributed by atoms with Crippen LogP contribution in [-0.2, 0) is 0 Å². The maximum Gasteiger partial charge on any atom is 0.134 e. The first-order valence-electron chi connectivity index (χ1n) is 4.97. The maximum absolute atomic E-state index is 5.84. The molecule has 0 saturated carbocycles. The summed E-state index contributed by atoms with van der Waals surface area (Å²) in [6.45, 7) is 0. The van der Waals surface area contributed by atoms with Gasteiger partial charge in [0.1, 0.15) is 17.2 Å². The molecule has 4 nitrogen and oxygen atoms in total. The van der Waals surface area contributed by atoms with Crippen LogP contribution in [0, 0.1) is 0 Å². The van der Waals surface area contributed by atoms with Crippen LogP contribution in [0.25, 0.3) is 0 Å². The molecule has 2 rings (SSSR count). The maximum atomic E-state index is 5.84. The van der Waals surface area contributed by atoms with Crippen LogP contribution in [0.2, 0.25) is 0 Å². The average molecular weight is 390 g/mol. The van der Waals surface area contributed by atoms with Gasteiger partial charge in [-0.3, -0.25) is 0 Å². The van der Waals surface area contributed by atoms with Gasteiger partial charge in [0.15, 0.2) is 0 Å². The van der Waals surface area contributed by atoms with E-state index in [0.717, 1.165) is 25.5 Å². The monoisotopic (exact) mass is 388 g/mol. The fourth-order valence-electron chi connectivity index (χ4n) is 1.32. The summed E-state index contributed by atoms with van der Waals surface area (Å²) in [5.74, 6) is 0.748. The molecule has 0 aliphatic heterocycles. The minimum absolute atomic E-state index is 0.674. The number of nitrogen functional groups attached to an aromatic ring is 1. The molecular weight excluding hydrogens is 380 g/mol. The van der Waals surface area contributed by atoms with Gasteiger partial charge in [0, 0.05) is 20.7 Å². The molecule has 7 heteroatoms. The first kappa shape index (κ1) is 13.6. The molecule has 0 radical (unpaired) electrons. The lowest BCUT2D eigenvalue weighted by molar-refractivity contribution is 1.05. The quantitative estimate of drug-likeness (QED) is 0.471. The standard InChI is InChI=1S/C11H10Br2N4S/c1-18-10-4-9(15-5-16-10)17-6-2-7(12)11(14)8(13)3-6/h2-5H,14H2,1H3,(H,15,16,17). The van der Waals surface area contributed by atoms with Crippen molar-refractivity contribution in [3.8, 4) is 0 Å². The van der Waals surface area contributed by atoms with Crippen LogP contribution in [0.1, 0.15) is 0 Å². The highest BCUT2D eigenvalue weighted by Gasteiger charge is 2.05. The van der Waals surface area contributed by atoms with E-state index in [4.69, 9.17) is 5.73 Å². The second-order valence-corrected chi connectivity index (χ2v) is 5.96. The molecule has 0 aliphatic rings. The molecule has 2 aromatic rings. The Bertz CT molecular complexity index is 554. The Labute approximate surface area is 126 Å². The predicted octanol–water partition coefficient (Wildman–Crippen LogP) is 4.05. The van der Waals surface area contributed by atoms with E-state index in [9.17, 15) is 0 Å². The third-order valence-electron chi connectivity index (χ3n) is 2.20. The van der Waals surface area contributed by atoms with Gasteiger partial charge in [0.25, 0.3) is 0 Å². The molecule has 18 heavy (non-hydrogen) atoms. The summed E-state index contributed by atoms with van der Waals surface area (Å²) in [5, 5.41) is 4.13. The summed E-state index contributed by atoms with van der Waals surface area (Å²) in [7, 11) is 0. The van der Waals surface area contributed by atoms with Crippen molar-refractivity contribution in [2.45, 2.75) is 5.03 Å². The first-order chi connectivity index (χ1) is 8.60. The highest BCUT2D eigenvalue weighted by atomic mass is 79.9. The molecule has 0 aliphatic carbocycles. The van der Waals surface area contributed by atoms with Gasteiger partial charge in [-0.15, -0.1) is 11.8 Å². The molecule has 1 heterocycles. The molecule has 0 spiro atoms. The second-order valence-electron chi connectivity index (χ2n) is 3.42. The number of anilines is 3. The van der Waals surface area contributed by atoms with Crippen LogP contribution in [0.15, 0.2) is 38.5 Å². The van der Waals surface area contributed by atoms with Crippen molar-refractivity contribution in [2.24, 2.45) is 0 Å². The average Bonchev–Trinajstić information content (AvgIpc) is 2.36. The number of rotatable bonds is 3. The molecule has 1 aromatic carbocycles. The Morgan fingerprint density at radius 1 is 1.17 bits per heavy atom. The van der Waals surface area contributed by atoms with Crippen molar-refractivity contribution in [1.82, 2.24) is 9.97 Å². The van der Waals surface area contributed by atoms with Crippen LogP contribution in [0.4, 0.5) is 17.2 Å². The largest absolute Gasteiger partial charge is 0.397 e. The zero-order chi connectivity index (χ0) is 13.1. The molecule has 3 N–H and O–H groups in total. The molecule has 0 unspecified atom stereocenters. The molecular formula is C11H10Br2N4S. The Kier molecular flexibility index (Phi) is 4.47. The van der Waals surface area contributed by atoms with E-state index in [1.165, 1.54) is 6.33 Å². The number of thioether (sulfide) groups is 1. The minimum Gasteiger partial charge on any atom is -0.397 e. The third kappa shape index (κ3) is 3.15. The highest BCUT2D eigenvalue weighted by Crippen LogP contribution is 2.32. The zero-order valence-corrected chi connectivity index (χ0v) is 13.4. The van der Waals surface area contributed by atoms with E-state index >= 15 is 0 Å². The fraction of sp³-hybridized carbons (Fsp3) is 0.0909. The molecule has 94 valence electrons. The van der Waals surface area contributed by atoms with Crippen molar-refractivity contribution < 1.29 is 0 Å². The number of benzene rings is 1. The van der Waals surface area contributed by atoms with E-state index in [1.807, 2.05) is 24.5 Å². The fourth-order valence-corrected chi connectivity index (χ4v) is 2.89. The molecule has 0 atom stereocenters. The Morgan fingerprint density at radius 3 is 2.44 bits per heavy atom. The predicted molar refractivity (Wildman–Crippen MR) is 83.4 cm³/mol. The van der Waals surface area contributed by atoms with Gasteiger partial charge in [-0.05, 0) is 50.2 Å². The lowest BCUT2D eigenvalue weighted by Crippen LogP contribution is -1.96. The van der Waals surface area contributed by atoms with E-state index in [2.05, 4.69) is 47.1 Å². The lowest BCUT2D eigenvalue weighted by atomic mass is 10.3. The number of aromatic nitrogens is 2. The van der Waals surface area contributed by atoms with Crippen LogP contribution in [0.5, 0.6) is 0 Å². The molecule has 0 bridgehead atoms. The third-order valence-corrected chi connectivity index (χ3v) is 4.16. The molecule has 0 amide bonds. The van der Waals surface area contributed by atoms with Crippen molar-refractivity contribution >= 4 is 60.8 Å². The van der Waals surface area contributed by atoms with E-state index in [0.29, 0.717) is 5.69 Å². The highest BCUT2D eigenvalue weighted by molar-refractivity contribution is 9.11. The van der Waals surface area contributed by atoms with E-state index in [1.54, 1.807) is 11.8 Å². The van der Waals surface area contributed by atoms with Crippen LogP contribution in [-0.4, -0.2) is 16.2 Å². The smallest absolute Gasteiger partial charge is 0.134 e. The summed E-state index contributed by atoms with van der Waals surface area (Å²) < 4.78 is 1.66.